The van der Waals surface area contributed by atoms with Crippen LogP contribution in [0.15, 0.2) is 51.0 Å². The predicted molar refractivity (Wildman–Crippen MR) is 122 cm³/mol. The summed E-state index contributed by atoms with van der Waals surface area (Å²) in [6.07, 6.45) is 0. The molecule has 0 fully saturated rings. The lowest BCUT2D eigenvalue weighted by molar-refractivity contribution is -0.123. The van der Waals surface area contributed by atoms with E-state index in [9.17, 15) is 18.0 Å². The minimum atomic E-state index is -3.94. The number of sulfone groups is 1. The molecule has 0 aliphatic rings. The Labute approximate surface area is 182 Å². The average Bonchev–Trinajstić information content (AvgIpc) is 2.96. The van der Waals surface area contributed by atoms with E-state index in [1.54, 1.807) is 60.2 Å². The van der Waals surface area contributed by atoms with Gasteiger partial charge in [0.25, 0.3) is 0 Å². The van der Waals surface area contributed by atoms with E-state index in [1.807, 2.05) is 20.8 Å². The molecule has 31 heavy (non-hydrogen) atoms. The molecular weight excluding hydrogens is 414 g/mol. The summed E-state index contributed by atoms with van der Waals surface area (Å²) in [7, 11) is -3.94. The highest BCUT2D eigenvalue weighted by atomic mass is 32.2. The Morgan fingerprint density at radius 1 is 0.968 bits per heavy atom. The molecule has 0 unspecified atom stereocenters. The molecule has 0 spiro atoms. The number of rotatable bonds is 5. The van der Waals surface area contributed by atoms with Gasteiger partial charge in [0.2, 0.25) is 15.7 Å². The van der Waals surface area contributed by atoms with Crippen molar-refractivity contribution in [2.24, 2.45) is 5.41 Å². The molecular formula is C23H29N3O4S. The Balaban J connectivity index is 2.36. The highest BCUT2D eigenvalue weighted by Crippen LogP contribution is 2.33. The molecule has 0 saturated carbocycles. The Bertz CT molecular complexity index is 1310. The van der Waals surface area contributed by atoms with Crippen LogP contribution >= 0.6 is 0 Å². The fourth-order valence-corrected chi connectivity index (χ4v) is 4.84. The molecule has 0 saturated heterocycles. The summed E-state index contributed by atoms with van der Waals surface area (Å²) in [6, 6.07) is 9.66. The average molecular weight is 444 g/mol. The van der Waals surface area contributed by atoms with E-state index in [2.05, 4.69) is 5.32 Å². The number of nitrogens with one attached hydrogen (secondary N) is 1. The minimum absolute atomic E-state index is 0.0306. The van der Waals surface area contributed by atoms with E-state index >= 15 is 0 Å². The second-order valence-corrected chi connectivity index (χ2v) is 10.5. The van der Waals surface area contributed by atoms with Gasteiger partial charge in [0, 0.05) is 18.5 Å². The summed E-state index contributed by atoms with van der Waals surface area (Å²) in [5.74, 6) is -0.312. The van der Waals surface area contributed by atoms with E-state index < -0.39 is 15.3 Å². The molecule has 3 rings (SSSR count). The maximum atomic E-state index is 13.6. The molecule has 2 aromatic carbocycles. The lowest BCUT2D eigenvalue weighted by Gasteiger charge is -2.20. The Kier molecular flexibility index (Phi) is 5.88. The largest absolute Gasteiger partial charge is 0.329 e. The summed E-state index contributed by atoms with van der Waals surface area (Å²) >= 11 is 0. The van der Waals surface area contributed by atoms with Crippen molar-refractivity contribution in [1.29, 1.82) is 0 Å². The fraction of sp³-hybridized carbons (Fsp3) is 0.391. The second-order valence-electron chi connectivity index (χ2n) is 8.63. The number of imidazole rings is 1. The van der Waals surface area contributed by atoms with Crippen molar-refractivity contribution in [1.82, 2.24) is 9.13 Å². The number of amides is 1. The van der Waals surface area contributed by atoms with Gasteiger partial charge in [-0.05, 0) is 45.0 Å². The smallest absolute Gasteiger partial charge is 0.324 e. The third kappa shape index (κ3) is 4.04. The predicted octanol–water partition coefficient (Wildman–Crippen LogP) is 3.97. The first-order valence-corrected chi connectivity index (χ1v) is 11.8. The molecule has 1 aromatic heterocycles. The van der Waals surface area contributed by atoms with Crippen LogP contribution in [0.4, 0.5) is 5.69 Å². The normalized spacial score (nSPS) is 12.3. The molecule has 0 aliphatic heterocycles. The van der Waals surface area contributed by atoms with Gasteiger partial charge in [0.05, 0.1) is 26.5 Å². The summed E-state index contributed by atoms with van der Waals surface area (Å²) < 4.78 is 30.2. The van der Waals surface area contributed by atoms with Crippen LogP contribution in [0.2, 0.25) is 0 Å². The minimum Gasteiger partial charge on any atom is -0.324 e. The number of carbonyl (C=O) groups excluding carboxylic acids is 1. The number of benzene rings is 2. The third-order valence-electron chi connectivity index (χ3n) is 5.30. The number of anilines is 1. The zero-order chi connectivity index (χ0) is 23.1. The maximum Gasteiger partial charge on any atom is 0.329 e. The molecule has 8 heteroatoms. The van der Waals surface area contributed by atoms with Crippen molar-refractivity contribution in [2.45, 2.75) is 64.4 Å². The number of fused-ring (bicyclic) bond motifs is 1. The van der Waals surface area contributed by atoms with Crippen LogP contribution in [0.3, 0.4) is 0 Å². The van der Waals surface area contributed by atoms with Gasteiger partial charge in [-0.1, -0.05) is 38.5 Å². The first-order valence-electron chi connectivity index (χ1n) is 10.3. The van der Waals surface area contributed by atoms with Gasteiger partial charge in [-0.3, -0.25) is 13.9 Å². The van der Waals surface area contributed by atoms with Crippen LogP contribution in [0.1, 0.15) is 40.2 Å². The van der Waals surface area contributed by atoms with Crippen LogP contribution in [-0.4, -0.2) is 23.5 Å². The number of nitrogens with zero attached hydrogens (tertiary/aromatic N) is 2. The summed E-state index contributed by atoms with van der Waals surface area (Å²) in [4.78, 5) is 25.6. The topological polar surface area (TPSA) is 90.2 Å². The van der Waals surface area contributed by atoms with Crippen LogP contribution < -0.4 is 11.0 Å². The number of hydrogen-bond donors (Lipinski definition) is 1. The standard InChI is InChI=1S/C23H29N3O4S/c1-7-25-18-13-17(24-21(27)23(4,5)6)20(14-19(18)26(8-2)22(25)28)31(29,30)16-11-9-15(3)10-12-16/h9-14H,7-8H2,1-6H3,(H,24,27). The summed E-state index contributed by atoms with van der Waals surface area (Å²) in [6.45, 7) is 11.7. The number of carbonyl (C=O) groups is 1. The van der Waals surface area contributed by atoms with E-state index in [0.29, 0.717) is 24.1 Å². The zero-order valence-electron chi connectivity index (χ0n) is 18.8. The molecule has 1 heterocycles. The van der Waals surface area contributed by atoms with Crippen LogP contribution in [-0.2, 0) is 27.7 Å². The highest BCUT2D eigenvalue weighted by molar-refractivity contribution is 7.91. The van der Waals surface area contributed by atoms with E-state index in [-0.39, 0.29) is 27.1 Å². The van der Waals surface area contributed by atoms with E-state index in [1.165, 1.54) is 6.07 Å². The van der Waals surface area contributed by atoms with Crippen molar-refractivity contribution in [2.75, 3.05) is 5.32 Å². The van der Waals surface area contributed by atoms with Crippen LogP contribution in [0.25, 0.3) is 11.0 Å². The van der Waals surface area contributed by atoms with Crippen LogP contribution in [0, 0.1) is 12.3 Å². The van der Waals surface area contributed by atoms with Crippen LogP contribution in [0.5, 0.6) is 0 Å². The molecule has 1 N–H and O–H groups in total. The third-order valence-corrected chi connectivity index (χ3v) is 7.11. The lowest BCUT2D eigenvalue weighted by Crippen LogP contribution is -2.28. The Morgan fingerprint density at radius 2 is 1.48 bits per heavy atom. The Hall–Kier alpha value is -2.87. The number of aryl methyl sites for hydroxylation is 3. The van der Waals surface area contributed by atoms with Gasteiger partial charge < -0.3 is 5.32 Å². The van der Waals surface area contributed by atoms with Gasteiger partial charge in [0.15, 0.2) is 0 Å². The SMILES string of the molecule is CCn1c(=O)n(CC)c2cc(S(=O)(=O)c3ccc(C)cc3)c(NC(=O)C(C)(C)C)cc21. The number of hydrogen-bond acceptors (Lipinski definition) is 4. The van der Waals surface area contributed by atoms with Gasteiger partial charge in [0.1, 0.15) is 0 Å². The van der Waals surface area contributed by atoms with Gasteiger partial charge >= 0.3 is 5.69 Å². The lowest BCUT2D eigenvalue weighted by atomic mass is 9.95. The molecule has 166 valence electrons. The monoisotopic (exact) mass is 443 g/mol. The molecule has 0 bridgehead atoms. The summed E-state index contributed by atoms with van der Waals surface area (Å²) in [5, 5.41) is 2.79. The molecule has 0 atom stereocenters. The fourth-order valence-electron chi connectivity index (χ4n) is 3.43. The van der Waals surface area contributed by atoms with Gasteiger partial charge in [-0.25, -0.2) is 13.2 Å². The van der Waals surface area contributed by atoms with Gasteiger partial charge in [-0.15, -0.1) is 0 Å². The molecule has 0 radical (unpaired) electrons. The Morgan fingerprint density at radius 3 is 1.97 bits per heavy atom. The van der Waals surface area contributed by atoms with E-state index in [4.69, 9.17) is 0 Å². The first kappa shape index (κ1) is 22.8. The van der Waals surface area contributed by atoms with Crippen molar-refractivity contribution >= 4 is 32.5 Å². The van der Waals surface area contributed by atoms with Crippen molar-refractivity contribution in [3.05, 3.63) is 52.4 Å². The first-order chi connectivity index (χ1) is 14.4. The molecule has 3 aromatic rings. The van der Waals surface area contributed by atoms with Crippen molar-refractivity contribution < 1.29 is 13.2 Å². The van der Waals surface area contributed by atoms with Gasteiger partial charge in [-0.2, -0.15) is 0 Å². The molecule has 7 nitrogen and oxygen atoms in total. The quantitative estimate of drug-likeness (QED) is 0.646. The number of aromatic nitrogens is 2. The molecule has 1 amide bonds. The highest BCUT2D eigenvalue weighted by Gasteiger charge is 2.28. The summed E-state index contributed by atoms with van der Waals surface area (Å²) in [5.41, 5.74) is 1.28. The molecule has 0 aliphatic carbocycles. The second kappa shape index (κ2) is 8.00. The van der Waals surface area contributed by atoms with Crippen molar-refractivity contribution in [3.8, 4) is 0 Å². The van der Waals surface area contributed by atoms with Crippen molar-refractivity contribution in [3.63, 3.8) is 0 Å². The van der Waals surface area contributed by atoms with E-state index in [0.717, 1.165) is 5.56 Å². The zero-order valence-corrected chi connectivity index (χ0v) is 19.6. The maximum absolute atomic E-state index is 13.6.